The Balaban J connectivity index is 2.82. The minimum absolute atomic E-state index is 0.155. The Morgan fingerprint density at radius 1 is 1.03 bits per heavy atom. The van der Waals surface area contributed by atoms with Gasteiger partial charge in [0, 0.05) is 6.42 Å². The third-order valence-corrected chi connectivity index (χ3v) is 10.9. The second kappa shape index (κ2) is 15.4. The van der Waals surface area contributed by atoms with Gasteiger partial charge in [0.1, 0.15) is 11.5 Å². The van der Waals surface area contributed by atoms with Crippen molar-refractivity contribution in [3.05, 3.63) is 0 Å². The van der Waals surface area contributed by atoms with Crippen LogP contribution >= 0.6 is 45.1 Å². The van der Waals surface area contributed by atoms with Crippen LogP contribution in [0.5, 0.6) is 0 Å². The van der Waals surface area contributed by atoms with Crippen molar-refractivity contribution < 1.29 is 55.9 Å². The van der Waals surface area contributed by atoms with E-state index in [2.05, 4.69) is 22.5 Å². The zero-order valence-corrected chi connectivity index (χ0v) is 24.1. The Morgan fingerprint density at radius 3 is 2.26 bits per heavy atom. The molecule has 0 saturated carbocycles. The van der Waals surface area contributed by atoms with Gasteiger partial charge < -0.3 is 29.0 Å². The van der Waals surface area contributed by atoms with Gasteiger partial charge in [-0.3, -0.25) is 4.52 Å². The van der Waals surface area contributed by atoms with Crippen LogP contribution in [0.3, 0.4) is 0 Å². The van der Waals surface area contributed by atoms with Crippen molar-refractivity contribution in [2.75, 3.05) is 12.9 Å². The topological polar surface area (TPSA) is 178 Å². The fourth-order valence-corrected chi connectivity index (χ4v) is 8.14. The number of phosphoric ester groups is 1. The van der Waals surface area contributed by atoms with E-state index in [0.717, 1.165) is 32.1 Å². The summed E-state index contributed by atoms with van der Waals surface area (Å²) in [4.78, 5) is 36.4. The van der Waals surface area contributed by atoms with Gasteiger partial charge in [0.25, 0.3) is 0 Å². The standard InChI is InChI=1S/C17H37O12P3S2/c1-5-7-8-9-10-14(6-2)15-11-16(26-13(3)34-33-4)17(27-15)12-25-31(21,22)29-32(23,24)28-30(18,19)20/h13-17H,5-12H2,1-4H3,(H,21,22)(H,23,24)(H2,18,19,20)/t13-,14?,15+,16?,17+/m0/s1. The number of hydrogen-bond acceptors (Lipinski definition) is 10. The normalized spacial score (nSPS) is 26.6. The van der Waals surface area contributed by atoms with Gasteiger partial charge in [0.15, 0.2) is 0 Å². The van der Waals surface area contributed by atoms with E-state index in [-0.39, 0.29) is 17.5 Å². The highest BCUT2D eigenvalue weighted by Crippen LogP contribution is 2.66. The van der Waals surface area contributed by atoms with E-state index >= 15 is 0 Å². The molecule has 12 nitrogen and oxygen atoms in total. The second-order valence-electron chi connectivity index (χ2n) is 7.86. The predicted octanol–water partition coefficient (Wildman–Crippen LogP) is 5.23. The molecule has 0 amide bonds. The molecule has 7 atom stereocenters. The highest BCUT2D eigenvalue weighted by atomic mass is 33.1. The maximum absolute atomic E-state index is 12.1. The Kier molecular flexibility index (Phi) is 15.0. The molecule has 1 aliphatic heterocycles. The van der Waals surface area contributed by atoms with Gasteiger partial charge in [-0.05, 0) is 25.5 Å². The molecule has 4 unspecified atom stereocenters. The Labute approximate surface area is 209 Å². The van der Waals surface area contributed by atoms with Crippen molar-refractivity contribution in [3.63, 3.8) is 0 Å². The maximum Gasteiger partial charge on any atom is 0.490 e. The SMILES string of the molecule is CCCCCCC(CC)[C@H]1CC(O[C@H](C)SSC)[C@@H](COP(=O)(O)OP(=O)(O)OP(=O)(O)O)O1. The van der Waals surface area contributed by atoms with E-state index in [1.54, 1.807) is 0 Å². The van der Waals surface area contributed by atoms with Crippen molar-refractivity contribution in [1.82, 2.24) is 0 Å². The van der Waals surface area contributed by atoms with Crippen molar-refractivity contribution in [3.8, 4) is 0 Å². The van der Waals surface area contributed by atoms with Crippen LogP contribution in [-0.2, 0) is 36.3 Å². The molecule has 1 rings (SSSR count). The molecule has 0 aliphatic carbocycles. The van der Waals surface area contributed by atoms with Crippen LogP contribution in [0.2, 0.25) is 0 Å². The number of hydrogen-bond donors (Lipinski definition) is 4. The van der Waals surface area contributed by atoms with Gasteiger partial charge in [-0.25, -0.2) is 13.7 Å². The highest BCUT2D eigenvalue weighted by molar-refractivity contribution is 8.76. The van der Waals surface area contributed by atoms with Crippen molar-refractivity contribution in [2.24, 2.45) is 5.92 Å². The molecule has 1 fully saturated rings. The lowest BCUT2D eigenvalue weighted by atomic mass is 9.90. The summed E-state index contributed by atoms with van der Waals surface area (Å²) >= 11 is 0. The molecule has 17 heteroatoms. The molecule has 1 heterocycles. The van der Waals surface area contributed by atoms with Crippen LogP contribution in [0.15, 0.2) is 0 Å². The van der Waals surface area contributed by atoms with E-state index in [1.807, 2.05) is 13.2 Å². The highest BCUT2D eigenvalue weighted by Gasteiger charge is 2.44. The summed E-state index contributed by atoms with van der Waals surface area (Å²) in [6, 6.07) is 0. The van der Waals surface area contributed by atoms with Crippen LogP contribution in [-0.4, -0.2) is 56.2 Å². The van der Waals surface area contributed by atoms with Crippen LogP contribution in [0.4, 0.5) is 0 Å². The summed E-state index contributed by atoms with van der Waals surface area (Å²) in [6.45, 7) is 5.59. The molecule has 34 heavy (non-hydrogen) atoms. The molecule has 0 spiro atoms. The van der Waals surface area contributed by atoms with Gasteiger partial charge in [0.2, 0.25) is 0 Å². The zero-order chi connectivity index (χ0) is 26.0. The van der Waals surface area contributed by atoms with Gasteiger partial charge in [-0.15, -0.1) is 0 Å². The predicted molar refractivity (Wildman–Crippen MR) is 131 cm³/mol. The molecule has 0 aromatic carbocycles. The van der Waals surface area contributed by atoms with Crippen molar-refractivity contribution >= 4 is 45.1 Å². The minimum Gasteiger partial charge on any atom is -0.369 e. The van der Waals surface area contributed by atoms with Crippen LogP contribution < -0.4 is 0 Å². The number of ether oxygens (including phenoxy) is 2. The third kappa shape index (κ3) is 13.5. The van der Waals surface area contributed by atoms with Gasteiger partial charge in [0.05, 0.1) is 18.8 Å². The Hall–Kier alpha value is 1.03. The number of rotatable bonds is 18. The lowest BCUT2D eigenvalue weighted by Gasteiger charge is -2.24. The molecule has 204 valence electrons. The summed E-state index contributed by atoms with van der Waals surface area (Å²) < 4.78 is 59.0. The number of phosphoric acid groups is 3. The summed E-state index contributed by atoms with van der Waals surface area (Å²) in [5.74, 6) is 0.267. The summed E-state index contributed by atoms with van der Waals surface area (Å²) in [5.41, 5.74) is -0.194. The first kappa shape index (κ1) is 33.1. The monoisotopic (exact) mass is 590 g/mol. The summed E-state index contributed by atoms with van der Waals surface area (Å²) in [7, 11) is -13.2. The molecule has 4 N–H and O–H groups in total. The molecule has 1 saturated heterocycles. The van der Waals surface area contributed by atoms with Crippen molar-refractivity contribution in [2.45, 2.75) is 89.5 Å². The zero-order valence-electron chi connectivity index (χ0n) is 19.8. The molecule has 0 aromatic rings. The Morgan fingerprint density at radius 2 is 1.71 bits per heavy atom. The van der Waals surface area contributed by atoms with Gasteiger partial charge in [-0.1, -0.05) is 67.5 Å². The molecular weight excluding hydrogens is 553 g/mol. The molecular formula is C17H37O12P3S2. The summed E-state index contributed by atoms with van der Waals surface area (Å²) in [5, 5.41) is 0. The first-order valence-corrected chi connectivity index (χ1v) is 18.1. The lowest BCUT2D eigenvalue weighted by Crippen LogP contribution is -2.31. The van der Waals surface area contributed by atoms with E-state index in [4.69, 9.17) is 23.8 Å². The molecule has 1 aliphatic rings. The maximum atomic E-state index is 12.1. The van der Waals surface area contributed by atoms with Crippen LogP contribution in [0, 0.1) is 5.92 Å². The third-order valence-electron chi connectivity index (χ3n) is 5.12. The second-order valence-corrected chi connectivity index (χ2v) is 15.0. The van der Waals surface area contributed by atoms with E-state index in [1.165, 1.54) is 28.0 Å². The summed E-state index contributed by atoms with van der Waals surface area (Å²) in [6.07, 6.45) is 7.47. The fraction of sp³-hybridized carbons (Fsp3) is 1.00. The van der Waals surface area contributed by atoms with E-state index in [0.29, 0.717) is 6.42 Å². The van der Waals surface area contributed by atoms with E-state index < -0.39 is 42.3 Å². The smallest absolute Gasteiger partial charge is 0.369 e. The Bertz CT molecular complexity index is 739. The van der Waals surface area contributed by atoms with Crippen molar-refractivity contribution in [1.29, 1.82) is 0 Å². The van der Waals surface area contributed by atoms with E-state index in [9.17, 15) is 23.5 Å². The van der Waals surface area contributed by atoms with Gasteiger partial charge >= 0.3 is 23.5 Å². The number of unbranched alkanes of at least 4 members (excludes halogenated alkanes) is 3. The van der Waals surface area contributed by atoms with Gasteiger partial charge in [-0.2, -0.15) is 8.62 Å². The minimum atomic E-state index is -5.57. The lowest BCUT2D eigenvalue weighted by molar-refractivity contribution is -0.0592. The van der Waals surface area contributed by atoms with Crippen LogP contribution in [0.25, 0.3) is 0 Å². The average molecular weight is 591 g/mol. The quantitative estimate of drug-likeness (QED) is 0.0706. The largest absolute Gasteiger partial charge is 0.490 e. The molecule has 0 bridgehead atoms. The first-order valence-electron chi connectivity index (χ1n) is 11.0. The average Bonchev–Trinajstić information content (AvgIpc) is 3.06. The first-order chi connectivity index (χ1) is 15.7. The molecule has 0 aromatic heterocycles. The molecule has 0 radical (unpaired) electrons. The fourth-order valence-electron chi connectivity index (χ4n) is 3.70. The van der Waals surface area contributed by atoms with Crippen LogP contribution in [0.1, 0.15) is 65.7 Å².